The topological polar surface area (TPSA) is 101 Å². The number of pyridine rings is 2. The molecule has 0 saturated heterocycles. The summed E-state index contributed by atoms with van der Waals surface area (Å²) >= 11 is 0. The quantitative estimate of drug-likeness (QED) is 0.550. The molecule has 1 amide bonds. The predicted molar refractivity (Wildman–Crippen MR) is 107 cm³/mol. The number of benzene rings is 1. The molecule has 0 aliphatic heterocycles. The molecule has 29 heavy (non-hydrogen) atoms. The molecule has 1 aromatic carbocycles. The summed E-state index contributed by atoms with van der Waals surface area (Å²) in [5, 5.41) is 5.96. The van der Waals surface area contributed by atoms with E-state index in [2.05, 4.69) is 20.6 Å². The summed E-state index contributed by atoms with van der Waals surface area (Å²) < 4.78 is 34.6. The van der Waals surface area contributed by atoms with Gasteiger partial charge < -0.3 is 10.6 Å². The maximum atomic E-state index is 12.9. The number of anilines is 1. The van der Waals surface area contributed by atoms with Crippen LogP contribution in [0.1, 0.15) is 21.5 Å². The molecule has 2 heterocycles. The first-order chi connectivity index (χ1) is 13.9. The number of halogens is 1. The molecule has 0 atom stereocenters. The van der Waals surface area contributed by atoms with Crippen molar-refractivity contribution in [1.29, 1.82) is 0 Å². The lowest BCUT2D eigenvalue weighted by atomic mass is 10.1. The second kappa shape index (κ2) is 9.24. The highest BCUT2D eigenvalue weighted by atomic mass is 32.3. The molecule has 9 heteroatoms. The van der Waals surface area contributed by atoms with Gasteiger partial charge in [-0.3, -0.25) is 9.78 Å². The fraction of sp³-hybridized carbons (Fsp3) is 0.150. The van der Waals surface area contributed by atoms with E-state index in [1.165, 1.54) is 24.3 Å². The third-order valence-electron chi connectivity index (χ3n) is 4.17. The maximum absolute atomic E-state index is 12.9. The van der Waals surface area contributed by atoms with Crippen molar-refractivity contribution in [2.75, 3.05) is 11.9 Å². The van der Waals surface area contributed by atoms with E-state index in [-0.39, 0.29) is 10.8 Å². The zero-order chi connectivity index (χ0) is 20.7. The van der Waals surface area contributed by atoms with Gasteiger partial charge in [0.05, 0.1) is 10.5 Å². The molecule has 0 aliphatic carbocycles. The number of hydrogen-bond acceptors (Lipinski definition) is 6. The van der Waals surface area contributed by atoms with Crippen LogP contribution in [0.3, 0.4) is 0 Å². The van der Waals surface area contributed by atoms with Crippen molar-refractivity contribution in [2.45, 2.75) is 17.9 Å². The van der Waals surface area contributed by atoms with Gasteiger partial charge in [0.15, 0.2) is 0 Å². The lowest BCUT2D eigenvalue weighted by molar-refractivity contribution is 0.0954. The van der Waals surface area contributed by atoms with Crippen molar-refractivity contribution in [3.8, 4) is 0 Å². The van der Waals surface area contributed by atoms with Crippen molar-refractivity contribution in [3.63, 3.8) is 0 Å². The summed E-state index contributed by atoms with van der Waals surface area (Å²) in [6.45, 7) is 0.836. The van der Waals surface area contributed by atoms with Crippen molar-refractivity contribution >= 4 is 21.9 Å². The molecule has 150 valence electrons. The lowest BCUT2D eigenvalue weighted by Crippen LogP contribution is -2.26. The monoisotopic (exact) mass is 414 g/mol. The molecular weight excluding hydrogens is 395 g/mol. The Morgan fingerprint density at radius 1 is 0.966 bits per heavy atom. The lowest BCUT2D eigenvalue weighted by Gasteiger charge is -2.11. The molecule has 7 nitrogen and oxygen atoms in total. The molecule has 0 unspecified atom stereocenters. The molecule has 0 aliphatic rings. The Hall–Kier alpha value is -3.33. The maximum Gasteiger partial charge on any atom is 0.332 e. The largest absolute Gasteiger partial charge is 0.365 e. The van der Waals surface area contributed by atoms with Crippen LogP contribution in [0.25, 0.3) is 0 Å². The fourth-order valence-electron chi connectivity index (χ4n) is 2.65. The van der Waals surface area contributed by atoms with Crippen LogP contribution in [-0.2, 0) is 23.2 Å². The van der Waals surface area contributed by atoms with Crippen LogP contribution in [0.4, 0.5) is 9.70 Å². The van der Waals surface area contributed by atoms with Gasteiger partial charge >= 0.3 is 10.2 Å². The van der Waals surface area contributed by atoms with E-state index in [0.29, 0.717) is 30.9 Å². The second-order valence-electron chi connectivity index (χ2n) is 6.20. The van der Waals surface area contributed by atoms with Crippen LogP contribution in [0.15, 0.2) is 72.0 Å². The summed E-state index contributed by atoms with van der Waals surface area (Å²) in [5.41, 5.74) is 2.20. The molecule has 2 aromatic heterocycles. The van der Waals surface area contributed by atoms with Gasteiger partial charge in [-0.1, -0.05) is 12.1 Å². The van der Waals surface area contributed by atoms with Gasteiger partial charge in [0.2, 0.25) is 0 Å². The molecule has 2 N–H and O–H groups in total. The van der Waals surface area contributed by atoms with E-state index in [0.717, 1.165) is 11.1 Å². The highest BCUT2D eigenvalue weighted by molar-refractivity contribution is 7.86. The number of nitrogens with one attached hydrogen (secondary N) is 2. The van der Waals surface area contributed by atoms with Gasteiger partial charge in [-0.05, 0) is 53.9 Å². The number of amides is 1. The molecule has 3 rings (SSSR count). The Morgan fingerprint density at radius 2 is 1.69 bits per heavy atom. The summed E-state index contributed by atoms with van der Waals surface area (Å²) in [5.74, 6) is 0.192. The number of rotatable bonds is 8. The minimum absolute atomic E-state index is 0.279. The Bertz CT molecular complexity index is 1070. The number of carbonyl (C=O) groups excluding carboxylic acids is 1. The van der Waals surface area contributed by atoms with Gasteiger partial charge in [-0.15, -0.1) is 3.89 Å². The van der Waals surface area contributed by atoms with Crippen molar-refractivity contribution in [2.24, 2.45) is 0 Å². The first-order valence-corrected chi connectivity index (χ1v) is 10.2. The summed E-state index contributed by atoms with van der Waals surface area (Å²) in [4.78, 5) is 20.3. The summed E-state index contributed by atoms with van der Waals surface area (Å²) in [6.07, 6.45) is 5.46. The third kappa shape index (κ3) is 5.82. The van der Waals surface area contributed by atoms with Gasteiger partial charge in [0.25, 0.3) is 5.91 Å². The van der Waals surface area contributed by atoms with Gasteiger partial charge in [0.1, 0.15) is 5.82 Å². The highest BCUT2D eigenvalue weighted by Crippen LogP contribution is 2.14. The number of nitrogens with zero attached hydrogens (tertiary/aromatic N) is 2. The van der Waals surface area contributed by atoms with Crippen LogP contribution in [0, 0.1) is 0 Å². The van der Waals surface area contributed by atoms with Crippen LogP contribution in [0.2, 0.25) is 0 Å². The van der Waals surface area contributed by atoms with Gasteiger partial charge in [-0.2, -0.15) is 8.42 Å². The Balaban J connectivity index is 1.57. The minimum Gasteiger partial charge on any atom is -0.365 e. The highest BCUT2D eigenvalue weighted by Gasteiger charge is 2.13. The zero-order valence-electron chi connectivity index (χ0n) is 15.4. The summed E-state index contributed by atoms with van der Waals surface area (Å²) in [7, 11) is -4.71. The molecule has 0 spiro atoms. The molecule has 0 bridgehead atoms. The van der Waals surface area contributed by atoms with Crippen molar-refractivity contribution in [3.05, 3.63) is 83.8 Å². The average molecular weight is 414 g/mol. The predicted octanol–water partition coefficient (Wildman–Crippen LogP) is 2.72. The standard InChI is InChI=1S/C20H19FN4O3S/c21-29(27,28)17-5-3-15(4-6-17)9-13-24-20(26)18-2-1-10-23-19(18)25-14-16-7-11-22-12-8-16/h1-8,10-12H,9,13-14H2,(H,23,25)(H,24,26). The van der Waals surface area contributed by atoms with Crippen molar-refractivity contribution < 1.29 is 17.1 Å². The van der Waals surface area contributed by atoms with E-state index in [4.69, 9.17) is 0 Å². The molecule has 0 fully saturated rings. The molecule has 0 saturated carbocycles. The van der Waals surface area contributed by atoms with E-state index in [1.54, 1.807) is 30.7 Å². The van der Waals surface area contributed by atoms with E-state index in [9.17, 15) is 17.1 Å². The van der Waals surface area contributed by atoms with Crippen LogP contribution in [0.5, 0.6) is 0 Å². The van der Waals surface area contributed by atoms with Gasteiger partial charge in [-0.25, -0.2) is 4.98 Å². The number of hydrogen-bond donors (Lipinski definition) is 2. The summed E-state index contributed by atoms with van der Waals surface area (Å²) in [6, 6.07) is 12.5. The normalized spacial score (nSPS) is 11.1. The van der Waals surface area contributed by atoms with E-state index in [1.807, 2.05) is 12.1 Å². The Morgan fingerprint density at radius 3 is 2.38 bits per heavy atom. The Kier molecular flexibility index (Phi) is 6.50. The first-order valence-electron chi connectivity index (χ1n) is 8.83. The first kappa shape index (κ1) is 20.4. The van der Waals surface area contributed by atoms with Crippen LogP contribution in [-0.4, -0.2) is 30.8 Å². The minimum atomic E-state index is -4.71. The van der Waals surface area contributed by atoms with E-state index < -0.39 is 10.2 Å². The smallest absolute Gasteiger partial charge is 0.332 e. The van der Waals surface area contributed by atoms with Crippen LogP contribution < -0.4 is 10.6 Å². The fourth-order valence-corrected chi connectivity index (χ4v) is 3.11. The van der Waals surface area contributed by atoms with E-state index >= 15 is 0 Å². The molecule has 0 radical (unpaired) electrons. The third-order valence-corrected chi connectivity index (χ3v) is 5.00. The molecule has 3 aromatic rings. The van der Waals surface area contributed by atoms with Gasteiger partial charge in [0, 0.05) is 31.7 Å². The van der Waals surface area contributed by atoms with Crippen LogP contribution >= 0.6 is 0 Å². The Labute approximate surface area is 168 Å². The number of carbonyl (C=O) groups is 1. The molecular formula is C20H19FN4O3S. The second-order valence-corrected chi connectivity index (χ2v) is 7.54. The zero-order valence-corrected chi connectivity index (χ0v) is 16.2. The van der Waals surface area contributed by atoms with Crippen molar-refractivity contribution in [1.82, 2.24) is 15.3 Å². The SMILES string of the molecule is O=C(NCCc1ccc(S(=O)(=O)F)cc1)c1cccnc1NCc1ccncc1. The average Bonchev–Trinajstić information content (AvgIpc) is 2.73. The number of aromatic nitrogens is 2.